The van der Waals surface area contributed by atoms with Gasteiger partial charge in [0.1, 0.15) is 21.0 Å². The number of hydrogen-bond donors (Lipinski definition) is 1. The van der Waals surface area contributed by atoms with E-state index in [1.54, 1.807) is 37.4 Å². The summed E-state index contributed by atoms with van der Waals surface area (Å²) in [6.07, 6.45) is 0. The number of sulfonamides is 1. The molecule has 6 nitrogen and oxygen atoms in total. The van der Waals surface area contributed by atoms with Crippen molar-refractivity contribution in [1.29, 1.82) is 0 Å². The van der Waals surface area contributed by atoms with Crippen LogP contribution in [0.15, 0.2) is 63.0 Å². The Bertz CT molecular complexity index is 1250. The second-order valence-electron chi connectivity index (χ2n) is 6.96. The van der Waals surface area contributed by atoms with Crippen molar-refractivity contribution in [3.8, 4) is 5.75 Å². The van der Waals surface area contributed by atoms with Gasteiger partial charge in [-0.25, -0.2) is 25.9 Å². The van der Waals surface area contributed by atoms with E-state index in [9.17, 15) is 21.2 Å². The van der Waals surface area contributed by atoms with Crippen molar-refractivity contribution in [2.45, 2.75) is 28.2 Å². The van der Waals surface area contributed by atoms with Crippen molar-refractivity contribution in [1.82, 2.24) is 4.72 Å². The van der Waals surface area contributed by atoms with Crippen LogP contribution in [-0.4, -0.2) is 30.5 Å². The highest BCUT2D eigenvalue weighted by atomic mass is 32.2. The number of hydrogen-bond acceptors (Lipinski definition) is 6. The van der Waals surface area contributed by atoms with Crippen LogP contribution in [0.3, 0.4) is 0 Å². The summed E-state index contributed by atoms with van der Waals surface area (Å²) in [4.78, 5) is 0.0691. The molecule has 166 valence electrons. The van der Waals surface area contributed by atoms with Crippen LogP contribution < -0.4 is 9.46 Å². The maximum atomic E-state index is 13.4. The molecule has 10 heteroatoms. The summed E-state index contributed by atoms with van der Waals surface area (Å²) in [7, 11) is -6.45. The SMILES string of the molecule is COc1cc(C)c(S(=O)(=O)NC[C@H](c2ccc(F)cc2)S(=O)(=O)c2cccs2)c(C)c1. The van der Waals surface area contributed by atoms with Crippen molar-refractivity contribution < 1.29 is 26.0 Å². The molecule has 1 atom stereocenters. The van der Waals surface area contributed by atoms with Gasteiger partial charge in [0.15, 0.2) is 9.84 Å². The Hall–Kier alpha value is -2.27. The van der Waals surface area contributed by atoms with Gasteiger partial charge in [0.2, 0.25) is 10.0 Å². The maximum absolute atomic E-state index is 13.4. The first-order valence-corrected chi connectivity index (χ1v) is 13.1. The van der Waals surface area contributed by atoms with E-state index >= 15 is 0 Å². The van der Waals surface area contributed by atoms with E-state index in [4.69, 9.17) is 4.74 Å². The molecule has 0 bridgehead atoms. The molecular weight excluding hydrogens is 461 g/mol. The molecule has 0 fully saturated rings. The van der Waals surface area contributed by atoms with Crippen molar-refractivity contribution in [2.75, 3.05) is 13.7 Å². The van der Waals surface area contributed by atoms with Crippen LogP contribution in [0, 0.1) is 19.7 Å². The summed E-state index contributed by atoms with van der Waals surface area (Å²) in [5, 5.41) is 0.406. The number of halogens is 1. The summed E-state index contributed by atoms with van der Waals surface area (Å²) in [5.41, 5.74) is 1.24. The lowest BCUT2D eigenvalue weighted by atomic mass is 10.1. The third-order valence-electron chi connectivity index (χ3n) is 4.79. The van der Waals surface area contributed by atoms with Crippen LogP contribution in [0.1, 0.15) is 21.9 Å². The number of aryl methyl sites for hydroxylation is 2. The molecule has 0 aliphatic carbocycles. The zero-order valence-electron chi connectivity index (χ0n) is 17.1. The van der Waals surface area contributed by atoms with Crippen LogP contribution in [0.5, 0.6) is 5.75 Å². The van der Waals surface area contributed by atoms with Gasteiger partial charge in [-0.3, -0.25) is 0 Å². The number of methoxy groups -OCH3 is 1. The first kappa shape index (κ1) is 23.4. The Kier molecular flexibility index (Phi) is 6.85. The minimum atomic E-state index is -4.03. The van der Waals surface area contributed by atoms with E-state index in [0.29, 0.717) is 22.4 Å². The average Bonchev–Trinajstić information content (AvgIpc) is 3.24. The lowest BCUT2D eigenvalue weighted by molar-refractivity contribution is 0.413. The number of ether oxygens (including phenoxy) is 1. The van der Waals surface area contributed by atoms with E-state index < -0.39 is 37.5 Å². The van der Waals surface area contributed by atoms with E-state index in [-0.39, 0.29) is 9.10 Å². The molecule has 3 rings (SSSR count). The molecule has 0 saturated heterocycles. The molecule has 31 heavy (non-hydrogen) atoms. The van der Waals surface area contributed by atoms with Gasteiger partial charge in [-0.05, 0) is 66.2 Å². The molecular formula is C21H22FNO5S3. The van der Waals surface area contributed by atoms with Crippen molar-refractivity contribution in [3.05, 3.63) is 76.4 Å². The lowest BCUT2D eigenvalue weighted by Crippen LogP contribution is -2.32. The zero-order valence-corrected chi connectivity index (χ0v) is 19.6. The van der Waals surface area contributed by atoms with Crippen molar-refractivity contribution in [2.24, 2.45) is 0 Å². The van der Waals surface area contributed by atoms with Gasteiger partial charge in [-0.2, -0.15) is 0 Å². The molecule has 1 aromatic heterocycles. The van der Waals surface area contributed by atoms with Crippen molar-refractivity contribution >= 4 is 31.2 Å². The molecule has 1 heterocycles. The highest BCUT2D eigenvalue weighted by Gasteiger charge is 2.32. The van der Waals surface area contributed by atoms with E-state index in [1.165, 1.54) is 25.3 Å². The molecule has 0 radical (unpaired) electrons. The Morgan fingerprint density at radius 2 is 1.65 bits per heavy atom. The topological polar surface area (TPSA) is 89.5 Å². The van der Waals surface area contributed by atoms with E-state index in [0.717, 1.165) is 23.5 Å². The second-order valence-corrected chi connectivity index (χ2v) is 12.0. The van der Waals surface area contributed by atoms with Crippen LogP contribution in [-0.2, 0) is 19.9 Å². The van der Waals surface area contributed by atoms with Gasteiger partial charge in [-0.1, -0.05) is 18.2 Å². The average molecular weight is 484 g/mol. The maximum Gasteiger partial charge on any atom is 0.241 e. The Morgan fingerprint density at radius 1 is 1.03 bits per heavy atom. The summed E-state index contributed by atoms with van der Waals surface area (Å²) >= 11 is 1.04. The zero-order chi connectivity index (χ0) is 22.8. The molecule has 0 unspecified atom stereocenters. The Balaban J connectivity index is 1.98. The first-order valence-electron chi connectivity index (χ1n) is 9.24. The predicted molar refractivity (Wildman–Crippen MR) is 118 cm³/mol. The number of thiophene rings is 1. The number of sulfone groups is 1. The minimum Gasteiger partial charge on any atom is -0.497 e. The largest absolute Gasteiger partial charge is 0.497 e. The second kappa shape index (κ2) is 9.07. The predicted octanol–water partition coefficient (Wildman–Crippen LogP) is 4.01. The highest BCUT2D eigenvalue weighted by Crippen LogP contribution is 2.32. The quantitative estimate of drug-likeness (QED) is 0.523. The first-order chi connectivity index (χ1) is 14.6. The van der Waals surface area contributed by atoms with Gasteiger partial charge in [0, 0.05) is 6.54 Å². The summed E-state index contributed by atoms with van der Waals surface area (Å²) in [6, 6.07) is 11.3. The monoisotopic (exact) mass is 483 g/mol. The molecule has 0 saturated carbocycles. The normalized spacial score (nSPS) is 13.2. The molecule has 0 spiro atoms. The summed E-state index contributed by atoms with van der Waals surface area (Å²) in [5.74, 6) is 0.0134. The van der Waals surface area contributed by atoms with Crippen LogP contribution >= 0.6 is 11.3 Å². The van der Waals surface area contributed by atoms with Gasteiger partial charge in [0.25, 0.3) is 0 Å². The van der Waals surface area contributed by atoms with E-state index in [2.05, 4.69) is 4.72 Å². The van der Waals surface area contributed by atoms with E-state index in [1.807, 2.05) is 0 Å². The highest BCUT2D eigenvalue weighted by molar-refractivity contribution is 7.93. The molecule has 0 aliphatic heterocycles. The molecule has 0 aliphatic rings. The molecule has 2 aromatic carbocycles. The summed E-state index contributed by atoms with van der Waals surface area (Å²) in [6.45, 7) is 2.88. The van der Waals surface area contributed by atoms with Crippen LogP contribution in [0.25, 0.3) is 0 Å². The van der Waals surface area contributed by atoms with Gasteiger partial charge < -0.3 is 4.74 Å². The third-order valence-corrected chi connectivity index (χ3v) is 10.0. The van der Waals surface area contributed by atoms with Gasteiger partial charge in [0.05, 0.1) is 12.0 Å². The number of rotatable bonds is 8. The molecule has 0 amide bonds. The third kappa shape index (κ3) is 4.98. The van der Waals surface area contributed by atoms with Gasteiger partial charge >= 0.3 is 0 Å². The molecule has 3 aromatic rings. The Morgan fingerprint density at radius 3 is 2.16 bits per heavy atom. The van der Waals surface area contributed by atoms with Crippen LogP contribution in [0.2, 0.25) is 0 Å². The molecule has 1 N–H and O–H groups in total. The fourth-order valence-electron chi connectivity index (χ4n) is 3.36. The number of benzene rings is 2. The van der Waals surface area contributed by atoms with Crippen LogP contribution in [0.4, 0.5) is 4.39 Å². The van der Waals surface area contributed by atoms with Gasteiger partial charge in [-0.15, -0.1) is 11.3 Å². The minimum absolute atomic E-state index is 0.0691. The smallest absolute Gasteiger partial charge is 0.241 e. The number of nitrogens with one attached hydrogen (secondary N) is 1. The fourth-order valence-corrected chi connectivity index (χ4v) is 7.83. The standard InChI is InChI=1S/C21H22FNO5S3/c1-14-11-18(28-3)12-15(2)21(14)31(26,27)23-13-19(16-6-8-17(22)9-7-16)30(24,25)20-5-4-10-29-20/h4-12,19,23H,13H2,1-3H3/t19-/m1/s1. The summed E-state index contributed by atoms with van der Waals surface area (Å²) < 4.78 is 73.7. The lowest BCUT2D eigenvalue weighted by Gasteiger charge is -2.19. The Labute approximate surface area is 185 Å². The fraction of sp³-hybridized carbons (Fsp3) is 0.238. The van der Waals surface area contributed by atoms with Crippen molar-refractivity contribution in [3.63, 3.8) is 0 Å².